The van der Waals surface area contributed by atoms with Crippen LogP contribution >= 0.6 is 30.4 Å². The maximum atomic E-state index is 16.2. The van der Waals surface area contributed by atoms with E-state index in [0.717, 1.165) is 62.0 Å². The van der Waals surface area contributed by atoms with Crippen molar-refractivity contribution in [2.75, 3.05) is 139 Å². The van der Waals surface area contributed by atoms with E-state index in [-0.39, 0.29) is 131 Å². The van der Waals surface area contributed by atoms with Crippen molar-refractivity contribution in [2.45, 2.75) is 115 Å². The van der Waals surface area contributed by atoms with E-state index in [1.54, 1.807) is 67.3 Å². The first-order valence-electron chi connectivity index (χ1n) is 47.4. The third-order valence-electron chi connectivity index (χ3n) is 27.9. The fourth-order valence-corrected chi connectivity index (χ4v) is 25.8. The van der Waals surface area contributed by atoms with Gasteiger partial charge in [0.1, 0.15) is 42.2 Å². The number of rotatable bonds is 18. The molecular formula is C102H94F8N11O23PS2. The zero-order chi connectivity index (χ0) is 103. The van der Waals surface area contributed by atoms with E-state index in [1.165, 1.54) is 107 Å². The fourth-order valence-electron chi connectivity index (χ4n) is 21.8. The number of aromatic nitrogens is 3. The van der Waals surface area contributed by atoms with E-state index in [1.807, 2.05) is 77.7 Å². The molecule has 147 heavy (non-hydrogen) atoms. The Morgan fingerprint density at radius 2 is 0.878 bits per heavy atom. The lowest BCUT2D eigenvalue weighted by Crippen LogP contribution is -2.66. The molecule has 45 heteroatoms. The highest BCUT2D eigenvalue weighted by Gasteiger charge is 2.57. The first-order chi connectivity index (χ1) is 70.7. The number of anilines is 1. The zero-order valence-corrected chi connectivity index (χ0v) is 82.2. The summed E-state index contributed by atoms with van der Waals surface area (Å²) in [5.41, 5.74) is 3.22. The second-order valence-corrected chi connectivity index (χ2v) is 40.6. The molecule has 13 heterocycles. The van der Waals surface area contributed by atoms with Gasteiger partial charge in [0, 0.05) is 125 Å². The molecule has 768 valence electrons. The highest BCUT2D eigenvalue weighted by atomic mass is 32.1. The minimum atomic E-state index is -4.58. The lowest BCUT2D eigenvalue weighted by atomic mass is 9.80. The number of morpholine rings is 4. The van der Waals surface area contributed by atoms with Crippen LogP contribution in [0.5, 0.6) is 17.2 Å². The van der Waals surface area contributed by atoms with Crippen LogP contribution in [0.1, 0.15) is 158 Å². The summed E-state index contributed by atoms with van der Waals surface area (Å²) < 4.78 is 215. The minimum absolute atomic E-state index is 0.0345. The highest BCUT2D eigenvalue weighted by Crippen LogP contribution is 2.62. The van der Waals surface area contributed by atoms with Gasteiger partial charge in [0.2, 0.25) is 47.1 Å². The largest absolute Gasteiger partial charge is 0.511 e. The molecule has 4 saturated heterocycles. The summed E-state index contributed by atoms with van der Waals surface area (Å²) in [6.45, 7) is 10.5. The topological polar surface area (TPSA) is 340 Å². The SMILES string of the molecule is CCOC(=O)OCOc1c2n(ccc1=O)N(C1c3ccccc3-c3scc4c3-c3c1ccc(F)c3C(F)(F)C4)C1COCCN1C2=O.CCOC(=O)OCOc1c2n(ccc1=O)N([C@@H]1c3ccccc3-c3scc4c3-c3c1ccc(F)c3C(F)(F)C4)[C@@H]1COCCN1C2=O.CCOP(=O)(N[C@@H](C(=O)OC)C(C)(C)C)Oc1c2n(ccc1=O)N(C1c3ccccc3N3CCOCC3c3c1ccc(F)c3F)C1COCCN1C2=O. The van der Waals surface area contributed by atoms with E-state index < -0.39 is 193 Å². The number of hydrogen-bond acceptors (Lipinski definition) is 29. The monoisotopic (exact) mass is 2090 g/mol. The van der Waals surface area contributed by atoms with Gasteiger partial charge in [-0.15, -0.1) is 22.7 Å². The van der Waals surface area contributed by atoms with Crippen LogP contribution in [0.25, 0.3) is 43.1 Å². The van der Waals surface area contributed by atoms with Crippen LogP contribution in [0.3, 0.4) is 0 Å². The van der Waals surface area contributed by atoms with Crippen molar-refractivity contribution < 1.29 is 130 Å². The molecule has 1 N–H and O–H groups in total. The van der Waals surface area contributed by atoms with Crippen LogP contribution in [-0.2, 0) is 81.2 Å². The van der Waals surface area contributed by atoms with Crippen LogP contribution in [0.2, 0.25) is 0 Å². The van der Waals surface area contributed by atoms with Gasteiger partial charge in [-0.3, -0.25) is 67.1 Å². The van der Waals surface area contributed by atoms with Crippen molar-refractivity contribution in [3.63, 3.8) is 0 Å². The van der Waals surface area contributed by atoms with Crippen molar-refractivity contribution in [2.24, 2.45) is 5.41 Å². The smallest absolute Gasteiger partial charge is 0.468 e. The predicted molar refractivity (Wildman–Crippen MR) is 514 cm³/mol. The number of benzene rings is 6. The number of ether oxygens (including phenoxy) is 11. The Hall–Kier alpha value is -14.0. The van der Waals surface area contributed by atoms with Crippen LogP contribution < -0.4 is 55.3 Å². The highest BCUT2D eigenvalue weighted by molar-refractivity contribution is 7.52. The molecule has 6 aromatic carbocycles. The first kappa shape index (κ1) is 99.0. The van der Waals surface area contributed by atoms with Crippen LogP contribution in [0, 0.1) is 28.7 Å². The average Bonchev–Trinajstić information content (AvgIpc) is 1.56. The molecule has 8 aliphatic heterocycles. The van der Waals surface area contributed by atoms with E-state index in [0.29, 0.717) is 57.7 Å². The molecule has 6 unspecified atom stereocenters. The Bertz CT molecular complexity index is 7180. The van der Waals surface area contributed by atoms with Gasteiger partial charge in [0.25, 0.3) is 29.6 Å². The fraction of sp³-hybridized carbons (Fsp3) is 0.363. The summed E-state index contributed by atoms with van der Waals surface area (Å²) in [7, 11) is -3.40. The van der Waals surface area contributed by atoms with E-state index in [4.69, 9.17) is 61.2 Å². The number of halogens is 8. The van der Waals surface area contributed by atoms with Crippen molar-refractivity contribution in [3.05, 3.63) is 289 Å². The number of methoxy groups -OCH3 is 1. The Labute approximate surface area is 840 Å². The summed E-state index contributed by atoms with van der Waals surface area (Å²) in [6, 6.07) is 29.3. The third kappa shape index (κ3) is 16.8. The Morgan fingerprint density at radius 3 is 1.32 bits per heavy atom. The molecule has 34 nitrogen and oxygen atoms in total. The van der Waals surface area contributed by atoms with Crippen molar-refractivity contribution >= 4 is 72.1 Å². The Balaban J connectivity index is 0.000000130. The molecule has 23 rings (SSSR count). The second-order valence-electron chi connectivity index (χ2n) is 37.1. The predicted octanol–water partition coefficient (Wildman–Crippen LogP) is 15.0. The standard InChI is InChI=1S/C36H42F2N5O9P.2C33H26F3N3O7S/c1-6-51-53(47,39-33(35(46)48-5)36(2,3)4)52-32-26(44)13-14-42-31(32)34(45)41-16-18-50-20-27(41)43(42)30-21-9-7-8-10-24(21)40-15-17-49-19-25(40)28-22(30)11-12-23(37)29(28)38;2*1-2-44-32(42)46-16-45-29-22(40)9-10-38-28(29)31(41)37-11-12-43-14-23(37)39(38)27-18-5-3-4-6-19(18)30-24-17(15-47-30)13-33(35,36)26-21(34)8-7-20(27)25(24)26/h7-14,25,27,30,33H,6,15-20H2,1-5H3,(H,39,47);2*3-10,15,23,27H,2,11-14,16H2,1H3/t25?,27?,30?,33-,53?;23-,27-;/m01./s1. The van der Waals surface area contributed by atoms with Gasteiger partial charge in [-0.2, -0.15) is 5.09 Å². The molecule has 11 aromatic rings. The number of carbonyl (C=O) groups excluding carboxylic acids is 6. The number of carbonyl (C=O) groups is 6. The molecule has 0 saturated carbocycles. The Morgan fingerprint density at radius 1 is 0.476 bits per heavy atom. The summed E-state index contributed by atoms with van der Waals surface area (Å²) in [5, 5.41) is 11.5. The normalized spacial score (nSPS) is 20.9. The van der Waals surface area contributed by atoms with E-state index in [9.17, 15) is 47.7 Å². The molecule has 12 aliphatic rings. The third-order valence-corrected chi connectivity index (χ3v) is 31.6. The summed E-state index contributed by atoms with van der Waals surface area (Å²) in [4.78, 5) is 127. The maximum Gasteiger partial charge on any atom is 0.511 e. The van der Waals surface area contributed by atoms with E-state index >= 15 is 35.1 Å². The maximum absolute atomic E-state index is 16.2. The number of nitrogens with zero attached hydrogens (tertiary/aromatic N) is 10. The molecule has 4 aliphatic carbocycles. The van der Waals surface area contributed by atoms with Crippen LogP contribution in [-0.4, -0.2) is 209 Å². The average molecular weight is 2090 g/mol. The summed E-state index contributed by atoms with van der Waals surface area (Å²) in [6.07, 6.45) is -1.37. The van der Waals surface area contributed by atoms with Gasteiger partial charge in [-0.05, 0) is 111 Å². The van der Waals surface area contributed by atoms with Gasteiger partial charge in [-0.25, -0.2) is 49.3 Å². The van der Waals surface area contributed by atoms with Gasteiger partial charge < -0.3 is 76.2 Å². The van der Waals surface area contributed by atoms with Gasteiger partial charge in [-0.1, -0.05) is 106 Å². The number of pyridine rings is 3. The molecule has 3 amide bonds. The number of hydrogen-bond donors (Lipinski definition) is 1. The van der Waals surface area contributed by atoms with Gasteiger partial charge >= 0.3 is 26.0 Å². The van der Waals surface area contributed by atoms with Gasteiger partial charge in [0.15, 0.2) is 28.7 Å². The molecule has 9 atom stereocenters. The van der Waals surface area contributed by atoms with E-state index in [2.05, 4.69) is 5.09 Å². The van der Waals surface area contributed by atoms with Crippen molar-refractivity contribution in [1.82, 2.24) is 33.8 Å². The quantitative estimate of drug-likeness (QED) is 0.0274. The first-order valence-corrected chi connectivity index (χ1v) is 50.7. The number of nitrogens with one attached hydrogen (secondary N) is 1. The number of fused-ring (bicyclic) bond motifs is 15. The molecule has 0 radical (unpaired) electrons. The molecule has 0 bridgehead atoms. The van der Waals surface area contributed by atoms with Gasteiger partial charge in [0.05, 0.1) is 109 Å². The van der Waals surface area contributed by atoms with Crippen molar-refractivity contribution in [3.8, 4) is 60.4 Å². The molecule has 0 spiro atoms. The lowest BCUT2D eigenvalue weighted by molar-refractivity contribution is -0.145. The lowest BCUT2D eigenvalue weighted by Gasteiger charge is -2.51. The Kier molecular flexibility index (Phi) is 26.1. The number of amides is 3. The molecule has 5 aromatic heterocycles. The summed E-state index contributed by atoms with van der Waals surface area (Å²) >= 11 is 2.66. The molecular weight excluding hydrogens is 1990 g/mol. The van der Waals surface area contributed by atoms with Crippen LogP contribution in [0.4, 0.5) is 50.4 Å². The summed E-state index contributed by atoms with van der Waals surface area (Å²) in [5.74, 6) is -14.7. The number of alkyl halides is 4. The molecule has 4 fully saturated rings. The second kappa shape index (κ2) is 38.7. The van der Waals surface area contributed by atoms with Crippen molar-refractivity contribution in [1.29, 1.82) is 0 Å². The number of thiophene rings is 2. The zero-order valence-electron chi connectivity index (χ0n) is 79.7. The number of esters is 1. The van der Waals surface area contributed by atoms with Crippen LogP contribution in [0.15, 0.2) is 171 Å². The number of para-hydroxylation sites is 1. The minimum Gasteiger partial charge on any atom is -0.468 e.